The largest absolute Gasteiger partial charge is 0.367 e. The summed E-state index contributed by atoms with van der Waals surface area (Å²) in [5.74, 6) is -0.485. The first-order valence-electron chi connectivity index (χ1n) is 9.83. The molecule has 0 saturated carbocycles. The van der Waals surface area contributed by atoms with Gasteiger partial charge in [-0.05, 0) is 43.4 Å². The zero-order valence-electron chi connectivity index (χ0n) is 17.6. The number of rotatable bonds is 4. The molecule has 11 heteroatoms. The molecule has 1 aliphatic heterocycles. The molecule has 1 heterocycles. The Balaban J connectivity index is 1.63. The van der Waals surface area contributed by atoms with Crippen molar-refractivity contribution in [3.8, 4) is 0 Å². The van der Waals surface area contributed by atoms with Gasteiger partial charge in [-0.25, -0.2) is 0 Å². The lowest BCUT2D eigenvalue weighted by Crippen LogP contribution is -2.48. The third kappa shape index (κ3) is 5.32. The molecule has 0 aromatic heterocycles. The average Bonchev–Trinajstić information content (AvgIpc) is 2.73. The topological polar surface area (TPSA) is 108 Å². The van der Waals surface area contributed by atoms with Crippen LogP contribution < -0.4 is 15.5 Å². The van der Waals surface area contributed by atoms with Crippen LogP contribution in [0.5, 0.6) is 0 Å². The first kappa shape index (κ1) is 23.4. The molecule has 9 nitrogen and oxygen atoms in total. The zero-order chi connectivity index (χ0) is 23.4. The number of carbonyl (C=O) groups excluding carboxylic acids is 2. The van der Waals surface area contributed by atoms with Gasteiger partial charge in [-0.1, -0.05) is 17.7 Å². The van der Waals surface area contributed by atoms with Gasteiger partial charge in [-0.15, -0.1) is 0 Å². The Morgan fingerprint density at radius 2 is 1.84 bits per heavy atom. The summed E-state index contributed by atoms with van der Waals surface area (Å²) in [6.07, 6.45) is 0. The number of carbonyl (C=O) groups is 2. The van der Waals surface area contributed by atoms with Crippen molar-refractivity contribution in [1.82, 2.24) is 10.2 Å². The van der Waals surface area contributed by atoms with E-state index < -0.39 is 10.8 Å². The Labute approximate surface area is 195 Å². The number of halogens is 1. The number of nitro benzene ring substituents is 1. The van der Waals surface area contributed by atoms with E-state index in [1.54, 1.807) is 24.0 Å². The second kappa shape index (κ2) is 9.92. The van der Waals surface area contributed by atoms with Crippen LogP contribution >= 0.6 is 23.8 Å². The smallest absolute Gasteiger partial charge is 0.273 e. The highest BCUT2D eigenvalue weighted by molar-refractivity contribution is 7.80. The van der Waals surface area contributed by atoms with Crippen molar-refractivity contribution in [2.24, 2.45) is 0 Å². The summed E-state index contributed by atoms with van der Waals surface area (Å²) in [6, 6.07) is 9.62. The molecule has 3 rings (SSSR count). The van der Waals surface area contributed by atoms with Crippen molar-refractivity contribution in [3.05, 3.63) is 62.7 Å². The lowest BCUT2D eigenvalue weighted by molar-refractivity contribution is -0.385. The van der Waals surface area contributed by atoms with E-state index in [2.05, 4.69) is 15.5 Å². The van der Waals surface area contributed by atoms with Crippen LogP contribution in [0.15, 0.2) is 36.4 Å². The van der Waals surface area contributed by atoms with Gasteiger partial charge in [0.2, 0.25) is 5.91 Å². The van der Waals surface area contributed by atoms with Gasteiger partial charge in [0.15, 0.2) is 5.11 Å². The maximum absolute atomic E-state index is 12.5. The highest BCUT2D eigenvalue weighted by atomic mass is 35.5. The quantitative estimate of drug-likeness (QED) is 0.396. The highest BCUT2D eigenvalue weighted by Gasteiger charge is 2.21. The fourth-order valence-electron chi connectivity index (χ4n) is 3.50. The third-order valence-electron chi connectivity index (χ3n) is 5.24. The highest BCUT2D eigenvalue weighted by Crippen LogP contribution is 2.29. The number of piperazine rings is 1. The van der Waals surface area contributed by atoms with E-state index in [0.29, 0.717) is 36.9 Å². The molecule has 0 spiro atoms. The van der Waals surface area contributed by atoms with Crippen LogP contribution in [0.2, 0.25) is 5.02 Å². The Kier molecular flexibility index (Phi) is 7.26. The van der Waals surface area contributed by atoms with Gasteiger partial charge in [-0.2, -0.15) is 0 Å². The molecule has 168 valence electrons. The molecule has 32 heavy (non-hydrogen) atoms. The standard InChI is InChI=1S/C21H22ClN5O4S/c1-13-16(4-3-5-18(13)27(30)31)20(29)24-21(32)23-15-6-7-19(17(22)12-15)26-10-8-25(9-11-26)14(2)28/h3-7,12H,8-11H2,1-2H3,(H2,23,24,29,32). The van der Waals surface area contributed by atoms with Gasteiger partial charge in [0.1, 0.15) is 0 Å². The summed E-state index contributed by atoms with van der Waals surface area (Å²) < 4.78 is 0. The maximum atomic E-state index is 12.5. The number of amides is 2. The van der Waals surface area contributed by atoms with E-state index in [1.807, 2.05) is 6.07 Å². The fourth-order valence-corrected chi connectivity index (χ4v) is 4.01. The predicted octanol–water partition coefficient (Wildman–Crippen LogP) is 3.35. The van der Waals surface area contributed by atoms with Crippen LogP contribution in [0, 0.1) is 17.0 Å². The Hall–Kier alpha value is -3.24. The molecule has 2 amide bonds. The molecule has 0 unspecified atom stereocenters. The molecule has 2 N–H and O–H groups in total. The minimum Gasteiger partial charge on any atom is -0.367 e. The van der Waals surface area contributed by atoms with Crippen LogP contribution in [-0.2, 0) is 4.79 Å². The molecular weight excluding hydrogens is 454 g/mol. The number of hydrogen-bond donors (Lipinski definition) is 2. The third-order valence-corrected chi connectivity index (χ3v) is 5.75. The van der Waals surface area contributed by atoms with Crippen molar-refractivity contribution < 1.29 is 14.5 Å². The first-order valence-corrected chi connectivity index (χ1v) is 10.6. The number of anilines is 2. The number of nitrogens with one attached hydrogen (secondary N) is 2. The molecule has 1 fully saturated rings. The van der Waals surface area contributed by atoms with E-state index in [-0.39, 0.29) is 27.8 Å². The lowest BCUT2D eigenvalue weighted by atomic mass is 10.1. The molecule has 0 bridgehead atoms. The van der Waals surface area contributed by atoms with E-state index in [9.17, 15) is 19.7 Å². The molecule has 0 radical (unpaired) electrons. The minimum absolute atomic E-state index is 0.0415. The molecular formula is C21H22ClN5O4S. The van der Waals surface area contributed by atoms with E-state index in [4.69, 9.17) is 23.8 Å². The minimum atomic E-state index is -0.547. The molecule has 2 aromatic carbocycles. The number of hydrogen-bond acceptors (Lipinski definition) is 6. The number of benzene rings is 2. The fraction of sp³-hybridized carbons (Fsp3) is 0.286. The van der Waals surface area contributed by atoms with Crippen LogP contribution in [0.25, 0.3) is 0 Å². The first-order chi connectivity index (χ1) is 15.2. The summed E-state index contributed by atoms with van der Waals surface area (Å²) >= 11 is 11.7. The van der Waals surface area contributed by atoms with Crippen LogP contribution in [0.1, 0.15) is 22.8 Å². The van der Waals surface area contributed by atoms with Crippen molar-refractivity contribution in [2.75, 3.05) is 36.4 Å². The number of nitrogens with zero attached hydrogens (tertiary/aromatic N) is 3. The Morgan fingerprint density at radius 3 is 2.44 bits per heavy atom. The Morgan fingerprint density at radius 1 is 1.16 bits per heavy atom. The van der Waals surface area contributed by atoms with Gasteiger partial charge in [0, 0.05) is 56.0 Å². The van der Waals surface area contributed by atoms with Crippen molar-refractivity contribution >= 4 is 57.8 Å². The monoisotopic (exact) mass is 475 g/mol. The van der Waals surface area contributed by atoms with Gasteiger partial charge in [-0.3, -0.25) is 25.0 Å². The van der Waals surface area contributed by atoms with E-state index in [1.165, 1.54) is 25.1 Å². The average molecular weight is 476 g/mol. The summed E-state index contributed by atoms with van der Waals surface area (Å²) in [5.41, 5.74) is 1.73. The molecule has 1 aliphatic rings. The maximum Gasteiger partial charge on any atom is 0.273 e. The SMILES string of the molecule is CC(=O)N1CCN(c2ccc(NC(=S)NC(=O)c3cccc([N+](=O)[O-])c3C)cc2Cl)CC1. The predicted molar refractivity (Wildman–Crippen MR) is 127 cm³/mol. The van der Waals surface area contributed by atoms with Crippen molar-refractivity contribution in [2.45, 2.75) is 13.8 Å². The second-order valence-electron chi connectivity index (χ2n) is 7.27. The second-order valence-corrected chi connectivity index (χ2v) is 8.09. The van der Waals surface area contributed by atoms with Gasteiger partial charge < -0.3 is 15.1 Å². The van der Waals surface area contributed by atoms with Crippen molar-refractivity contribution in [3.63, 3.8) is 0 Å². The Bertz CT molecular complexity index is 1090. The van der Waals surface area contributed by atoms with Gasteiger partial charge in [0.25, 0.3) is 11.6 Å². The van der Waals surface area contributed by atoms with Crippen LogP contribution in [0.4, 0.5) is 17.1 Å². The zero-order valence-corrected chi connectivity index (χ0v) is 19.1. The molecule has 0 aliphatic carbocycles. The van der Waals surface area contributed by atoms with Crippen LogP contribution in [-0.4, -0.2) is 52.9 Å². The van der Waals surface area contributed by atoms with Gasteiger partial charge in [0.05, 0.1) is 15.6 Å². The van der Waals surface area contributed by atoms with E-state index in [0.717, 1.165) is 5.69 Å². The number of nitro groups is 1. The van der Waals surface area contributed by atoms with E-state index >= 15 is 0 Å². The summed E-state index contributed by atoms with van der Waals surface area (Å²) in [7, 11) is 0. The summed E-state index contributed by atoms with van der Waals surface area (Å²) in [5, 5.41) is 17.1. The summed E-state index contributed by atoms with van der Waals surface area (Å²) in [4.78, 5) is 38.5. The molecule has 2 aromatic rings. The normalized spacial score (nSPS) is 13.5. The molecule has 0 atom stereocenters. The van der Waals surface area contributed by atoms with Crippen LogP contribution in [0.3, 0.4) is 0 Å². The number of thiocarbonyl (C=S) groups is 1. The lowest BCUT2D eigenvalue weighted by Gasteiger charge is -2.36. The van der Waals surface area contributed by atoms with Crippen molar-refractivity contribution in [1.29, 1.82) is 0 Å². The van der Waals surface area contributed by atoms with Gasteiger partial charge >= 0.3 is 0 Å². The summed E-state index contributed by atoms with van der Waals surface area (Å²) in [6.45, 7) is 5.72. The molecule has 1 saturated heterocycles.